The number of nitrogens with one attached hydrogen (secondary N) is 1. The summed E-state index contributed by atoms with van der Waals surface area (Å²) >= 11 is 2.03. The van der Waals surface area contributed by atoms with Crippen LogP contribution in [0, 0.1) is 0 Å². The predicted octanol–water partition coefficient (Wildman–Crippen LogP) is 1.48. The Hall–Kier alpha value is -0.550. The number of rotatable bonds is 4. The van der Waals surface area contributed by atoms with Gasteiger partial charge in [-0.3, -0.25) is 5.10 Å². The number of hydrogen-bond acceptors (Lipinski definition) is 4. The van der Waals surface area contributed by atoms with E-state index in [0.29, 0.717) is 6.54 Å². The van der Waals surface area contributed by atoms with Gasteiger partial charge < -0.3 is 5.73 Å². The molecule has 0 atom stereocenters. The molecule has 0 saturated carbocycles. The zero-order valence-corrected chi connectivity index (χ0v) is 10.6. The molecule has 1 saturated heterocycles. The van der Waals surface area contributed by atoms with E-state index in [4.69, 9.17) is 5.73 Å². The molecular formula is C11H20N4S. The van der Waals surface area contributed by atoms with Crippen LogP contribution >= 0.6 is 11.8 Å². The van der Waals surface area contributed by atoms with Gasteiger partial charge in [0.25, 0.3) is 0 Å². The summed E-state index contributed by atoms with van der Waals surface area (Å²) in [6.45, 7) is 2.99. The summed E-state index contributed by atoms with van der Waals surface area (Å²) in [4.78, 5) is 4.61. The molecule has 0 unspecified atom stereocenters. The topological polar surface area (TPSA) is 67.6 Å². The van der Waals surface area contributed by atoms with Gasteiger partial charge in [-0.1, -0.05) is 6.92 Å². The Bertz CT molecular complexity index is 330. The Balaban J connectivity index is 2.05. The van der Waals surface area contributed by atoms with Crippen molar-refractivity contribution in [3.8, 4) is 0 Å². The molecule has 0 radical (unpaired) electrons. The highest BCUT2D eigenvalue weighted by Crippen LogP contribution is 2.35. The summed E-state index contributed by atoms with van der Waals surface area (Å²) in [6, 6.07) is 0. The highest BCUT2D eigenvalue weighted by atomic mass is 32.2. The molecule has 1 fully saturated rings. The number of thioether (sulfide) groups is 1. The smallest absolute Gasteiger partial charge is 0.156 e. The fraction of sp³-hybridized carbons (Fsp3) is 0.818. The fourth-order valence-electron chi connectivity index (χ4n) is 1.99. The van der Waals surface area contributed by atoms with Crippen LogP contribution in [-0.4, -0.2) is 33.2 Å². The number of aryl methyl sites for hydroxylation is 1. The van der Waals surface area contributed by atoms with Crippen LogP contribution in [-0.2, 0) is 11.8 Å². The summed E-state index contributed by atoms with van der Waals surface area (Å²) in [6.07, 6.45) is 4.26. The monoisotopic (exact) mass is 240 g/mol. The predicted molar refractivity (Wildman–Crippen MR) is 67.7 cm³/mol. The first-order chi connectivity index (χ1) is 7.74. The van der Waals surface area contributed by atoms with Crippen molar-refractivity contribution in [3.05, 3.63) is 11.6 Å². The summed E-state index contributed by atoms with van der Waals surface area (Å²) in [7, 11) is 0. The lowest BCUT2D eigenvalue weighted by Gasteiger charge is -2.30. The largest absolute Gasteiger partial charge is 0.330 e. The number of aromatic nitrogens is 3. The van der Waals surface area contributed by atoms with E-state index < -0.39 is 0 Å². The fourth-order valence-corrected chi connectivity index (χ4v) is 3.39. The van der Waals surface area contributed by atoms with Crippen molar-refractivity contribution in [2.24, 2.45) is 5.73 Å². The normalized spacial score (nSPS) is 19.9. The first kappa shape index (κ1) is 11.9. The van der Waals surface area contributed by atoms with Crippen molar-refractivity contribution in [1.82, 2.24) is 15.2 Å². The number of aromatic amines is 1. The van der Waals surface area contributed by atoms with E-state index >= 15 is 0 Å². The van der Waals surface area contributed by atoms with Gasteiger partial charge in [0.2, 0.25) is 0 Å². The zero-order valence-electron chi connectivity index (χ0n) is 9.83. The lowest BCUT2D eigenvalue weighted by Crippen LogP contribution is -2.28. The van der Waals surface area contributed by atoms with Crippen LogP contribution in [0.1, 0.15) is 37.8 Å². The van der Waals surface area contributed by atoms with Crippen LogP contribution in [0.2, 0.25) is 0 Å². The maximum Gasteiger partial charge on any atom is 0.156 e. The van der Waals surface area contributed by atoms with Crippen molar-refractivity contribution in [3.63, 3.8) is 0 Å². The van der Waals surface area contributed by atoms with Crippen LogP contribution in [0.5, 0.6) is 0 Å². The first-order valence-electron chi connectivity index (χ1n) is 5.94. The van der Waals surface area contributed by atoms with Crippen molar-refractivity contribution in [2.75, 3.05) is 18.1 Å². The van der Waals surface area contributed by atoms with Crippen molar-refractivity contribution in [1.29, 1.82) is 0 Å². The van der Waals surface area contributed by atoms with E-state index in [1.54, 1.807) is 0 Å². The standard InChI is InChI=1S/C11H20N4S/c1-11(4-7-16-8-5-11)10-13-9(14-15-10)3-2-6-12/h2-8,12H2,1H3,(H,13,14,15). The van der Waals surface area contributed by atoms with Crippen molar-refractivity contribution in [2.45, 2.75) is 38.0 Å². The molecule has 5 heteroatoms. The number of H-pyrrole nitrogens is 1. The van der Waals surface area contributed by atoms with Gasteiger partial charge in [0.15, 0.2) is 5.82 Å². The van der Waals surface area contributed by atoms with Gasteiger partial charge in [0.05, 0.1) is 0 Å². The van der Waals surface area contributed by atoms with Crippen LogP contribution in [0.4, 0.5) is 0 Å². The molecule has 0 aromatic carbocycles. The molecule has 2 rings (SSSR count). The Morgan fingerprint density at radius 2 is 2.19 bits per heavy atom. The van der Waals surface area contributed by atoms with Gasteiger partial charge in [0.1, 0.15) is 5.82 Å². The third-order valence-electron chi connectivity index (χ3n) is 3.29. The molecule has 0 aliphatic carbocycles. The molecule has 16 heavy (non-hydrogen) atoms. The Morgan fingerprint density at radius 1 is 1.44 bits per heavy atom. The molecule has 1 aliphatic heterocycles. The maximum absolute atomic E-state index is 5.49. The van der Waals surface area contributed by atoms with E-state index in [-0.39, 0.29) is 5.41 Å². The van der Waals surface area contributed by atoms with E-state index in [1.807, 2.05) is 11.8 Å². The molecule has 3 N–H and O–H groups in total. The minimum absolute atomic E-state index is 0.183. The second-order valence-electron chi connectivity index (χ2n) is 4.67. The van der Waals surface area contributed by atoms with E-state index in [2.05, 4.69) is 22.1 Å². The zero-order chi connectivity index (χ0) is 11.4. The second kappa shape index (κ2) is 5.19. The molecule has 90 valence electrons. The van der Waals surface area contributed by atoms with E-state index in [1.165, 1.54) is 24.3 Å². The average molecular weight is 240 g/mol. The third-order valence-corrected chi connectivity index (χ3v) is 4.27. The van der Waals surface area contributed by atoms with Crippen LogP contribution in [0.25, 0.3) is 0 Å². The van der Waals surface area contributed by atoms with E-state index in [9.17, 15) is 0 Å². The van der Waals surface area contributed by atoms with Gasteiger partial charge in [-0.15, -0.1) is 0 Å². The highest BCUT2D eigenvalue weighted by Gasteiger charge is 2.32. The van der Waals surface area contributed by atoms with Crippen molar-refractivity contribution < 1.29 is 0 Å². The Kier molecular flexibility index (Phi) is 3.86. The van der Waals surface area contributed by atoms with Gasteiger partial charge in [0, 0.05) is 11.8 Å². The molecule has 2 heterocycles. The number of nitrogens with two attached hydrogens (primary N) is 1. The molecule has 0 spiro atoms. The molecule has 0 amide bonds. The summed E-state index contributed by atoms with van der Waals surface area (Å²) in [5.41, 5.74) is 5.67. The highest BCUT2D eigenvalue weighted by molar-refractivity contribution is 7.99. The summed E-state index contributed by atoms with van der Waals surface area (Å²) in [5.74, 6) is 4.44. The minimum atomic E-state index is 0.183. The quantitative estimate of drug-likeness (QED) is 0.836. The average Bonchev–Trinajstić information content (AvgIpc) is 2.77. The molecule has 1 aromatic heterocycles. The lowest BCUT2D eigenvalue weighted by atomic mass is 9.83. The number of hydrogen-bond donors (Lipinski definition) is 2. The first-order valence-corrected chi connectivity index (χ1v) is 7.10. The number of nitrogens with zero attached hydrogens (tertiary/aromatic N) is 2. The van der Waals surface area contributed by atoms with E-state index in [0.717, 1.165) is 24.5 Å². The van der Waals surface area contributed by atoms with Crippen LogP contribution in [0.15, 0.2) is 0 Å². The Morgan fingerprint density at radius 3 is 2.88 bits per heavy atom. The summed E-state index contributed by atoms with van der Waals surface area (Å²) in [5, 5.41) is 7.42. The van der Waals surface area contributed by atoms with Gasteiger partial charge in [-0.05, 0) is 37.3 Å². The van der Waals surface area contributed by atoms with Crippen molar-refractivity contribution >= 4 is 11.8 Å². The molecule has 0 bridgehead atoms. The van der Waals surface area contributed by atoms with Gasteiger partial charge in [-0.25, -0.2) is 4.98 Å². The lowest BCUT2D eigenvalue weighted by molar-refractivity contribution is 0.411. The van der Waals surface area contributed by atoms with Gasteiger partial charge >= 0.3 is 0 Å². The molecule has 1 aliphatic rings. The molecular weight excluding hydrogens is 220 g/mol. The van der Waals surface area contributed by atoms with Crippen LogP contribution in [0.3, 0.4) is 0 Å². The molecule has 1 aromatic rings. The summed E-state index contributed by atoms with van der Waals surface area (Å²) < 4.78 is 0. The maximum atomic E-state index is 5.49. The third kappa shape index (κ3) is 2.58. The molecule has 4 nitrogen and oxygen atoms in total. The SMILES string of the molecule is CC1(c2n[nH]c(CCCN)n2)CCSCC1. The van der Waals surface area contributed by atoms with Crippen LogP contribution < -0.4 is 5.73 Å². The minimum Gasteiger partial charge on any atom is -0.330 e. The van der Waals surface area contributed by atoms with Gasteiger partial charge in [-0.2, -0.15) is 16.9 Å². The second-order valence-corrected chi connectivity index (χ2v) is 5.90. The Labute approximate surface area is 101 Å².